The molecule has 0 radical (unpaired) electrons. The first-order valence-electron chi connectivity index (χ1n) is 4.36. The van der Waals surface area contributed by atoms with Gasteiger partial charge in [0.25, 0.3) is 0 Å². The molecule has 12 heavy (non-hydrogen) atoms. The minimum atomic E-state index is 0.406. The molecule has 1 heterocycles. The molecule has 1 saturated carbocycles. The average Bonchev–Trinajstić information content (AvgIpc) is 2.53. The standard InChI is InChI=1S/C10H11NS/c1-6-3-8-5-10(8)9(4-6)11-7(2)12-10/h3-4,8H,5H2,1-2H3. The van der Waals surface area contributed by atoms with Gasteiger partial charge in [-0.15, -0.1) is 0 Å². The second-order valence-electron chi connectivity index (χ2n) is 3.87. The van der Waals surface area contributed by atoms with Gasteiger partial charge in [0.1, 0.15) is 0 Å². The van der Waals surface area contributed by atoms with Crippen molar-refractivity contribution in [3.05, 3.63) is 23.4 Å². The summed E-state index contributed by atoms with van der Waals surface area (Å²) in [5.41, 5.74) is 2.72. The van der Waals surface area contributed by atoms with Crippen LogP contribution in [-0.2, 0) is 0 Å². The number of nitrogens with zero attached hydrogens (tertiary/aromatic N) is 1. The molecule has 2 atom stereocenters. The van der Waals surface area contributed by atoms with E-state index in [9.17, 15) is 0 Å². The second kappa shape index (κ2) is 1.87. The third kappa shape index (κ3) is 0.692. The number of aliphatic imine (C=N–C) groups is 1. The maximum atomic E-state index is 4.57. The summed E-state index contributed by atoms with van der Waals surface area (Å²) in [6.45, 7) is 4.28. The van der Waals surface area contributed by atoms with Crippen molar-refractivity contribution in [1.82, 2.24) is 0 Å². The van der Waals surface area contributed by atoms with Crippen LogP contribution in [-0.4, -0.2) is 9.79 Å². The highest BCUT2D eigenvalue weighted by molar-refractivity contribution is 8.15. The highest BCUT2D eigenvalue weighted by Crippen LogP contribution is 2.65. The molecule has 3 aliphatic rings. The van der Waals surface area contributed by atoms with Crippen molar-refractivity contribution in [2.75, 3.05) is 0 Å². The van der Waals surface area contributed by atoms with Crippen LogP contribution in [0.25, 0.3) is 0 Å². The first-order chi connectivity index (χ1) is 5.71. The molecular weight excluding hydrogens is 166 g/mol. The lowest BCUT2D eigenvalue weighted by Gasteiger charge is -2.12. The molecule has 3 rings (SSSR count). The van der Waals surface area contributed by atoms with Crippen molar-refractivity contribution in [2.24, 2.45) is 10.9 Å². The smallest absolute Gasteiger partial charge is 0.0713 e. The molecule has 1 spiro atoms. The lowest BCUT2D eigenvalue weighted by molar-refractivity contribution is 0.943. The number of hydrogen-bond donors (Lipinski definition) is 0. The van der Waals surface area contributed by atoms with E-state index < -0.39 is 0 Å². The van der Waals surface area contributed by atoms with E-state index >= 15 is 0 Å². The largest absolute Gasteiger partial charge is 0.250 e. The summed E-state index contributed by atoms with van der Waals surface area (Å²) in [7, 11) is 0. The van der Waals surface area contributed by atoms with Crippen LogP contribution in [0.3, 0.4) is 0 Å². The van der Waals surface area contributed by atoms with E-state index in [0.29, 0.717) is 4.75 Å². The van der Waals surface area contributed by atoms with E-state index in [2.05, 4.69) is 31.0 Å². The molecule has 1 aliphatic heterocycles. The normalized spacial score (nSPS) is 42.5. The van der Waals surface area contributed by atoms with Crippen molar-refractivity contribution in [3.63, 3.8) is 0 Å². The molecule has 62 valence electrons. The van der Waals surface area contributed by atoms with Crippen molar-refractivity contribution in [1.29, 1.82) is 0 Å². The van der Waals surface area contributed by atoms with Crippen LogP contribution in [0.15, 0.2) is 28.4 Å². The molecule has 0 N–H and O–H groups in total. The summed E-state index contributed by atoms with van der Waals surface area (Å²) >= 11 is 1.96. The molecule has 0 amide bonds. The van der Waals surface area contributed by atoms with E-state index in [0.717, 1.165) is 5.92 Å². The van der Waals surface area contributed by atoms with Crippen molar-refractivity contribution in [3.8, 4) is 0 Å². The number of hydrogen-bond acceptors (Lipinski definition) is 2. The minimum absolute atomic E-state index is 0.406. The molecule has 0 bridgehead atoms. The maximum absolute atomic E-state index is 4.57. The Morgan fingerprint density at radius 3 is 3.25 bits per heavy atom. The summed E-state index contributed by atoms with van der Waals surface area (Å²) in [5, 5.41) is 1.24. The van der Waals surface area contributed by atoms with Crippen LogP contribution in [0, 0.1) is 5.92 Å². The second-order valence-corrected chi connectivity index (χ2v) is 5.40. The number of rotatable bonds is 0. The van der Waals surface area contributed by atoms with E-state index in [1.165, 1.54) is 22.7 Å². The van der Waals surface area contributed by atoms with E-state index in [4.69, 9.17) is 0 Å². The lowest BCUT2D eigenvalue weighted by atomic mass is 10.1. The minimum Gasteiger partial charge on any atom is -0.250 e. The highest BCUT2D eigenvalue weighted by atomic mass is 32.2. The molecule has 1 nitrogen and oxygen atoms in total. The van der Waals surface area contributed by atoms with Crippen LogP contribution in [0.4, 0.5) is 0 Å². The zero-order valence-corrected chi connectivity index (χ0v) is 8.11. The van der Waals surface area contributed by atoms with Gasteiger partial charge in [0, 0.05) is 0 Å². The van der Waals surface area contributed by atoms with Gasteiger partial charge in [0.05, 0.1) is 15.5 Å². The summed E-state index contributed by atoms with van der Waals surface area (Å²) in [6, 6.07) is 0. The Morgan fingerprint density at radius 2 is 2.42 bits per heavy atom. The van der Waals surface area contributed by atoms with Crippen molar-refractivity contribution >= 4 is 16.8 Å². The molecule has 2 aliphatic carbocycles. The SMILES string of the molecule is CC1=CC2CC23SC(C)=NC3=C1. The van der Waals surface area contributed by atoms with E-state index in [-0.39, 0.29) is 0 Å². The Balaban J connectivity index is 2.12. The monoisotopic (exact) mass is 177 g/mol. The zero-order chi connectivity index (χ0) is 8.34. The van der Waals surface area contributed by atoms with Gasteiger partial charge >= 0.3 is 0 Å². The Kier molecular flexibility index (Phi) is 1.09. The summed E-state index contributed by atoms with van der Waals surface area (Å²) in [5.74, 6) is 0.781. The Hall–Kier alpha value is -0.500. The molecule has 2 heteroatoms. The lowest BCUT2D eigenvalue weighted by Crippen LogP contribution is -2.07. The van der Waals surface area contributed by atoms with Crippen LogP contribution in [0.1, 0.15) is 20.3 Å². The van der Waals surface area contributed by atoms with Crippen LogP contribution < -0.4 is 0 Å². The van der Waals surface area contributed by atoms with Gasteiger partial charge in [0.2, 0.25) is 0 Å². The molecule has 0 aromatic carbocycles. The Labute approximate surface area is 76.6 Å². The first-order valence-corrected chi connectivity index (χ1v) is 5.17. The van der Waals surface area contributed by atoms with Crippen LogP contribution in [0.5, 0.6) is 0 Å². The fourth-order valence-electron chi connectivity index (χ4n) is 2.21. The van der Waals surface area contributed by atoms with Gasteiger partial charge in [-0.1, -0.05) is 23.4 Å². The van der Waals surface area contributed by atoms with Crippen molar-refractivity contribution in [2.45, 2.75) is 25.0 Å². The molecule has 1 fully saturated rings. The third-order valence-corrected chi connectivity index (χ3v) is 4.26. The predicted molar refractivity (Wildman–Crippen MR) is 53.4 cm³/mol. The van der Waals surface area contributed by atoms with Gasteiger partial charge in [-0.3, -0.25) is 0 Å². The molecule has 0 aromatic rings. The average molecular weight is 177 g/mol. The predicted octanol–water partition coefficient (Wildman–Crippen LogP) is 2.75. The van der Waals surface area contributed by atoms with E-state index in [1.54, 1.807) is 0 Å². The van der Waals surface area contributed by atoms with Gasteiger partial charge < -0.3 is 0 Å². The zero-order valence-electron chi connectivity index (χ0n) is 7.29. The summed E-state index contributed by atoms with van der Waals surface area (Å²) < 4.78 is 0.406. The number of thioether (sulfide) groups is 1. The fraction of sp³-hybridized carbons (Fsp3) is 0.500. The van der Waals surface area contributed by atoms with Gasteiger partial charge in [-0.05, 0) is 32.3 Å². The van der Waals surface area contributed by atoms with Crippen LogP contribution >= 0.6 is 11.8 Å². The Morgan fingerprint density at radius 1 is 1.58 bits per heavy atom. The summed E-state index contributed by atoms with van der Waals surface area (Å²) in [4.78, 5) is 4.57. The quantitative estimate of drug-likeness (QED) is 0.554. The third-order valence-electron chi connectivity index (χ3n) is 2.83. The molecule has 2 unspecified atom stereocenters. The van der Waals surface area contributed by atoms with E-state index in [1.807, 2.05) is 11.8 Å². The molecular formula is C10H11NS. The summed E-state index contributed by atoms with van der Waals surface area (Å²) in [6.07, 6.45) is 5.94. The van der Waals surface area contributed by atoms with Gasteiger partial charge in [-0.2, -0.15) is 0 Å². The molecule has 0 aromatic heterocycles. The highest BCUT2D eigenvalue weighted by Gasteiger charge is 2.60. The van der Waals surface area contributed by atoms with Crippen LogP contribution in [0.2, 0.25) is 0 Å². The topological polar surface area (TPSA) is 12.4 Å². The van der Waals surface area contributed by atoms with Crippen molar-refractivity contribution < 1.29 is 0 Å². The Bertz CT molecular complexity index is 351. The number of allylic oxidation sites excluding steroid dienone is 3. The maximum Gasteiger partial charge on any atom is 0.0713 e. The molecule has 0 saturated heterocycles. The first kappa shape index (κ1) is 6.96. The van der Waals surface area contributed by atoms with Gasteiger partial charge in [0.15, 0.2) is 0 Å². The fourth-order valence-corrected chi connectivity index (χ4v) is 3.57. The van der Waals surface area contributed by atoms with Gasteiger partial charge in [-0.25, -0.2) is 4.99 Å².